The van der Waals surface area contributed by atoms with Crippen molar-refractivity contribution in [2.24, 2.45) is 0 Å². The van der Waals surface area contributed by atoms with Gasteiger partial charge >= 0.3 is 17.4 Å². The molecule has 48 heavy (non-hydrogen) atoms. The van der Waals surface area contributed by atoms with Gasteiger partial charge in [0.25, 0.3) is 5.56 Å². The number of hydrogen-bond acceptors (Lipinski definition) is 9. The normalized spacial score (nSPS) is 11.6. The van der Waals surface area contributed by atoms with Gasteiger partial charge in [-0.3, -0.25) is 23.4 Å². The van der Waals surface area contributed by atoms with Crippen molar-refractivity contribution >= 4 is 33.1 Å². The summed E-state index contributed by atoms with van der Waals surface area (Å²) in [5.41, 5.74) is 3.42. The second kappa shape index (κ2) is 13.9. The van der Waals surface area contributed by atoms with Gasteiger partial charge in [0.05, 0.1) is 32.2 Å². The van der Waals surface area contributed by atoms with Crippen LogP contribution in [0.1, 0.15) is 29.9 Å². The maximum Gasteiger partial charge on any atom is 0.439 e. The molecule has 3 heterocycles. The van der Waals surface area contributed by atoms with Crippen molar-refractivity contribution in [2.45, 2.75) is 33.4 Å². The first-order valence-corrected chi connectivity index (χ1v) is 16.1. The number of rotatable bonds is 11. The van der Waals surface area contributed by atoms with Gasteiger partial charge in [0.1, 0.15) is 10.6 Å². The van der Waals surface area contributed by atoms with E-state index in [1.165, 1.54) is 22.0 Å². The highest BCUT2D eigenvalue weighted by Crippen LogP contribution is 2.30. The highest BCUT2D eigenvalue weighted by atomic mass is 32.1. The lowest BCUT2D eigenvalue weighted by Gasteiger charge is -2.15. The molecular formula is C36H32N4O7S. The SMILES string of the molecule is CCOC(=O)C=C(Cn1c(=O)c2cc(CC)sc2n(Cc2ccc(-c3ccccc3-c3noc(=O)[nH]3)cc2)c1=O)c1ccc(OC)cc1. The summed E-state index contributed by atoms with van der Waals surface area (Å²) in [5, 5.41) is 4.28. The molecule has 0 radical (unpaired) electrons. The molecule has 0 unspecified atom stereocenters. The molecule has 6 rings (SSSR count). The Bertz CT molecular complexity index is 2310. The Kier molecular flexibility index (Phi) is 9.35. The first-order chi connectivity index (χ1) is 23.3. The van der Waals surface area contributed by atoms with Gasteiger partial charge in [-0.15, -0.1) is 11.3 Å². The number of nitrogens with one attached hydrogen (secondary N) is 1. The maximum absolute atomic E-state index is 14.2. The molecule has 0 fully saturated rings. The molecule has 244 valence electrons. The summed E-state index contributed by atoms with van der Waals surface area (Å²) in [6.07, 6.45) is 2.03. The van der Waals surface area contributed by atoms with E-state index in [1.54, 1.807) is 42.9 Å². The summed E-state index contributed by atoms with van der Waals surface area (Å²) in [5.74, 6) is -0.256. The fourth-order valence-electron chi connectivity index (χ4n) is 5.48. The van der Waals surface area contributed by atoms with Crippen LogP contribution in [0.3, 0.4) is 0 Å². The van der Waals surface area contributed by atoms with E-state index in [0.29, 0.717) is 44.9 Å². The molecule has 0 aliphatic heterocycles. The van der Waals surface area contributed by atoms with Gasteiger partial charge in [-0.2, -0.15) is 0 Å². The van der Waals surface area contributed by atoms with Crippen molar-refractivity contribution in [2.75, 3.05) is 13.7 Å². The number of ether oxygens (including phenoxy) is 2. The fraction of sp³-hybridized carbons (Fsp3) is 0.194. The number of allylic oxidation sites excluding steroid dienone is 1. The fourth-order valence-corrected chi connectivity index (χ4v) is 6.56. The topological polar surface area (TPSA) is 138 Å². The summed E-state index contributed by atoms with van der Waals surface area (Å²) in [6, 6.07) is 24.1. The summed E-state index contributed by atoms with van der Waals surface area (Å²) in [6.45, 7) is 3.96. The molecular weight excluding hydrogens is 632 g/mol. The Balaban J connectivity index is 1.41. The van der Waals surface area contributed by atoms with Crippen molar-refractivity contribution in [3.05, 3.63) is 132 Å². The monoisotopic (exact) mass is 664 g/mol. The van der Waals surface area contributed by atoms with Crippen LogP contribution in [-0.4, -0.2) is 39.0 Å². The molecule has 0 bridgehead atoms. The zero-order valence-electron chi connectivity index (χ0n) is 26.5. The van der Waals surface area contributed by atoms with Crippen molar-refractivity contribution < 1.29 is 18.8 Å². The Hall–Kier alpha value is -5.75. The molecule has 0 amide bonds. The van der Waals surface area contributed by atoms with E-state index in [1.807, 2.05) is 61.5 Å². The summed E-state index contributed by atoms with van der Waals surface area (Å²) >= 11 is 1.42. The lowest BCUT2D eigenvalue weighted by Crippen LogP contribution is -2.40. The molecule has 0 spiro atoms. The molecule has 0 saturated carbocycles. The minimum Gasteiger partial charge on any atom is -0.497 e. The summed E-state index contributed by atoms with van der Waals surface area (Å²) in [7, 11) is 1.56. The van der Waals surface area contributed by atoms with Gasteiger partial charge in [-0.25, -0.2) is 14.4 Å². The average Bonchev–Trinajstić information content (AvgIpc) is 3.75. The zero-order valence-corrected chi connectivity index (χ0v) is 27.3. The average molecular weight is 665 g/mol. The molecule has 3 aromatic carbocycles. The Morgan fingerprint density at radius 1 is 0.958 bits per heavy atom. The van der Waals surface area contributed by atoms with Gasteiger partial charge in [-0.05, 0) is 59.4 Å². The summed E-state index contributed by atoms with van der Waals surface area (Å²) in [4.78, 5) is 56.4. The number of nitrogens with zero attached hydrogens (tertiary/aromatic N) is 3. The van der Waals surface area contributed by atoms with Crippen LogP contribution in [0.15, 0.2) is 104 Å². The number of benzene rings is 3. The van der Waals surface area contributed by atoms with Gasteiger partial charge in [0, 0.05) is 16.5 Å². The highest BCUT2D eigenvalue weighted by Gasteiger charge is 2.19. The number of aromatic nitrogens is 4. The quantitative estimate of drug-likeness (QED) is 0.142. The highest BCUT2D eigenvalue weighted by molar-refractivity contribution is 7.18. The van der Waals surface area contributed by atoms with Crippen molar-refractivity contribution in [3.8, 4) is 28.3 Å². The molecule has 3 aromatic heterocycles. The number of esters is 1. The first kappa shape index (κ1) is 32.2. The minimum atomic E-state index is -0.638. The molecule has 0 aliphatic rings. The maximum atomic E-state index is 14.2. The van der Waals surface area contributed by atoms with E-state index in [9.17, 15) is 19.2 Å². The Morgan fingerprint density at radius 2 is 1.69 bits per heavy atom. The van der Waals surface area contributed by atoms with Crippen LogP contribution >= 0.6 is 11.3 Å². The number of methoxy groups -OCH3 is 1. The van der Waals surface area contributed by atoms with E-state index in [0.717, 1.165) is 21.6 Å². The van der Waals surface area contributed by atoms with Gasteiger partial charge < -0.3 is 9.47 Å². The van der Waals surface area contributed by atoms with Crippen LogP contribution in [0.5, 0.6) is 5.75 Å². The third kappa shape index (κ3) is 6.56. The van der Waals surface area contributed by atoms with E-state index in [2.05, 4.69) is 10.1 Å². The number of fused-ring (bicyclic) bond motifs is 1. The van der Waals surface area contributed by atoms with Crippen LogP contribution < -0.4 is 21.7 Å². The Labute approximate surface area is 278 Å². The number of H-pyrrole nitrogens is 1. The van der Waals surface area contributed by atoms with Crippen LogP contribution in [0.4, 0.5) is 0 Å². The number of hydrogen-bond donors (Lipinski definition) is 1. The van der Waals surface area contributed by atoms with Gasteiger partial charge in [0.15, 0.2) is 5.82 Å². The number of aryl methyl sites for hydroxylation is 1. The zero-order chi connectivity index (χ0) is 33.8. The molecule has 11 nitrogen and oxygen atoms in total. The molecule has 12 heteroatoms. The molecule has 1 N–H and O–H groups in total. The van der Waals surface area contributed by atoms with Crippen molar-refractivity contribution in [1.29, 1.82) is 0 Å². The standard InChI is InChI=1S/C36H32N4O7S/c1-4-27-19-30-33(42)39(21-25(18-31(41)46-5-2)23-14-16-26(45-3)17-15-23)36(44)40(34(30)48-27)20-22-10-12-24(13-11-22)28-8-6-7-9-29(28)32-37-35(43)47-38-32/h6-19H,4-5,20-21H2,1-3H3,(H,37,38,43). The molecule has 0 aliphatic carbocycles. The summed E-state index contributed by atoms with van der Waals surface area (Å²) < 4.78 is 17.9. The number of carbonyl (C=O) groups is 1. The van der Waals surface area contributed by atoms with Crippen LogP contribution in [0.25, 0.3) is 38.3 Å². The lowest BCUT2D eigenvalue weighted by molar-refractivity contribution is -0.137. The van der Waals surface area contributed by atoms with Crippen LogP contribution in [0, 0.1) is 0 Å². The lowest BCUT2D eigenvalue weighted by atomic mass is 9.98. The van der Waals surface area contributed by atoms with Crippen molar-refractivity contribution in [3.63, 3.8) is 0 Å². The predicted octanol–water partition coefficient (Wildman–Crippen LogP) is 5.50. The predicted molar refractivity (Wildman–Crippen MR) is 184 cm³/mol. The largest absolute Gasteiger partial charge is 0.497 e. The number of aromatic amines is 1. The molecule has 0 atom stereocenters. The third-order valence-electron chi connectivity index (χ3n) is 7.89. The minimum absolute atomic E-state index is 0.143. The van der Waals surface area contributed by atoms with Crippen molar-refractivity contribution in [1.82, 2.24) is 19.3 Å². The van der Waals surface area contributed by atoms with E-state index in [-0.39, 0.29) is 19.7 Å². The number of thiophene rings is 1. The van der Waals surface area contributed by atoms with E-state index < -0.39 is 23.0 Å². The van der Waals surface area contributed by atoms with Gasteiger partial charge in [-0.1, -0.05) is 72.7 Å². The second-order valence-corrected chi connectivity index (χ2v) is 12.0. The van der Waals surface area contributed by atoms with E-state index in [4.69, 9.17) is 14.0 Å². The van der Waals surface area contributed by atoms with Crippen LogP contribution in [-0.2, 0) is 29.0 Å². The van der Waals surface area contributed by atoms with Crippen LogP contribution in [0.2, 0.25) is 0 Å². The van der Waals surface area contributed by atoms with E-state index >= 15 is 0 Å². The first-order valence-electron chi connectivity index (χ1n) is 15.3. The molecule has 6 aromatic rings. The third-order valence-corrected chi connectivity index (χ3v) is 9.19. The smallest absolute Gasteiger partial charge is 0.439 e. The second-order valence-electron chi connectivity index (χ2n) is 10.9. The Morgan fingerprint density at radius 3 is 2.33 bits per heavy atom. The molecule has 0 saturated heterocycles. The number of carbonyl (C=O) groups excluding carboxylic acids is 1. The van der Waals surface area contributed by atoms with Gasteiger partial charge in [0.2, 0.25) is 0 Å².